The van der Waals surface area contributed by atoms with Crippen LogP contribution in [0.3, 0.4) is 0 Å². The summed E-state index contributed by atoms with van der Waals surface area (Å²) < 4.78 is 5.26. The molecular weight excluding hydrogens is 412 g/mol. The standard InChI is InChI=1S/C26H34N6O/c1-19-7-8-20(2)23(17-19)29-25-18-24(27-13-16-32-14-5-4-6-15-32)30-26(31-25)28-21-9-11-22(33-3)12-10-21/h7-12,17-18H,4-6,13-16H2,1-3H3,(H3,27,28,29,30,31). The number of hydrogen-bond donors (Lipinski definition) is 3. The summed E-state index contributed by atoms with van der Waals surface area (Å²) in [5.41, 5.74) is 4.32. The fraction of sp³-hybridized carbons (Fsp3) is 0.385. The Labute approximate surface area is 196 Å². The first-order valence-electron chi connectivity index (χ1n) is 11.7. The lowest BCUT2D eigenvalue weighted by Gasteiger charge is -2.26. The summed E-state index contributed by atoms with van der Waals surface area (Å²) >= 11 is 0. The fourth-order valence-corrected chi connectivity index (χ4v) is 3.99. The first-order chi connectivity index (χ1) is 16.1. The molecule has 7 nitrogen and oxygen atoms in total. The minimum atomic E-state index is 0.538. The average molecular weight is 447 g/mol. The number of methoxy groups -OCH3 is 1. The van der Waals surface area contributed by atoms with Crippen LogP contribution in [0.2, 0.25) is 0 Å². The van der Waals surface area contributed by atoms with Crippen LogP contribution in [-0.2, 0) is 0 Å². The largest absolute Gasteiger partial charge is 0.497 e. The van der Waals surface area contributed by atoms with E-state index in [0.29, 0.717) is 5.95 Å². The number of nitrogens with zero attached hydrogens (tertiary/aromatic N) is 3. The van der Waals surface area contributed by atoms with Gasteiger partial charge < -0.3 is 25.6 Å². The lowest BCUT2D eigenvalue weighted by atomic mass is 10.1. The van der Waals surface area contributed by atoms with Crippen molar-refractivity contribution in [2.45, 2.75) is 33.1 Å². The van der Waals surface area contributed by atoms with Gasteiger partial charge in [-0.1, -0.05) is 18.6 Å². The third kappa shape index (κ3) is 6.58. The molecule has 1 fully saturated rings. The summed E-state index contributed by atoms with van der Waals surface area (Å²) in [6, 6.07) is 16.1. The van der Waals surface area contributed by atoms with Crippen molar-refractivity contribution < 1.29 is 4.74 Å². The molecule has 1 aliphatic heterocycles. The van der Waals surface area contributed by atoms with E-state index in [1.54, 1.807) is 7.11 Å². The van der Waals surface area contributed by atoms with Gasteiger partial charge in [0.05, 0.1) is 7.11 Å². The molecule has 1 aromatic heterocycles. The number of aromatic nitrogens is 2. The van der Waals surface area contributed by atoms with Crippen LogP contribution >= 0.6 is 0 Å². The van der Waals surface area contributed by atoms with Crippen LogP contribution in [0.1, 0.15) is 30.4 Å². The van der Waals surface area contributed by atoms with E-state index in [-0.39, 0.29) is 0 Å². The van der Waals surface area contributed by atoms with Gasteiger partial charge in [0, 0.05) is 30.5 Å². The number of rotatable bonds is 9. The first kappa shape index (κ1) is 22.9. The number of likely N-dealkylation sites (tertiary alicyclic amines) is 1. The predicted octanol–water partition coefficient (Wildman–Crippen LogP) is 5.49. The van der Waals surface area contributed by atoms with Gasteiger partial charge in [0.15, 0.2) is 0 Å². The minimum absolute atomic E-state index is 0.538. The SMILES string of the molecule is COc1ccc(Nc2nc(NCCN3CCCCC3)cc(Nc3cc(C)ccc3C)n2)cc1. The Bertz CT molecular complexity index is 1050. The van der Waals surface area contributed by atoms with Gasteiger partial charge in [-0.25, -0.2) is 0 Å². The Balaban J connectivity index is 1.52. The number of hydrogen-bond acceptors (Lipinski definition) is 7. The molecule has 2 aromatic carbocycles. The van der Waals surface area contributed by atoms with E-state index in [1.807, 2.05) is 30.3 Å². The van der Waals surface area contributed by atoms with Crippen molar-refractivity contribution in [2.24, 2.45) is 0 Å². The summed E-state index contributed by atoms with van der Waals surface area (Å²) in [6.07, 6.45) is 3.95. The van der Waals surface area contributed by atoms with E-state index in [4.69, 9.17) is 14.7 Å². The van der Waals surface area contributed by atoms with Crippen molar-refractivity contribution in [3.05, 3.63) is 59.7 Å². The van der Waals surface area contributed by atoms with Gasteiger partial charge >= 0.3 is 0 Å². The second-order valence-electron chi connectivity index (χ2n) is 8.59. The van der Waals surface area contributed by atoms with Crippen LogP contribution in [0.25, 0.3) is 0 Å². The normalized spacial score (nSPS) is 14.0. The molecule has 0 radical (unpaired) electrons. The van der Waals surface area contributed by atoms with Crippen LogP contribution in [-0.4, -0.2) is 48.2 Å². The fourth-order valence-electron chi connectivity index (χ4n) is 3.99. The van der Waals surface area contributed by atoms with Gasteiger partial charge in [-0.2, -0.15) is 9.97 Å². The Morgan fingerprint density at radius 1 is 0.879 bits per heavy atom. The monoisotopic (exact) mass is 446 g/mol. The zero-order chi connectivity index (χ0) is 23.0. The molecule has 0 bridgehead atoms. The van der Waals surface area contributed by atoms with Crippen molar-refractivity contribution in [3.63, 3.8) is 0 Å². The number of aryl methyl sites for hydroxylation is 2. The zero-order valence-corrected chi connectivity index (χ0v) is 19.8. The molecule has 3 aromatic rings. The molecule has 1 aliphatic rings. The molecule has 0 aliphatic carbocycles. The highest BCUT2D eigenvalue weighted by atomic mass is 16.5. The number of benzene rings is 2. The highest BCUT2D eigenvalue weighted by molar-refractivity contribution is 5.66. The molecule has 0 saturated carbocycles. The number of piperidine rings is 1. The molecule has 1 saturated heterocycles. The number of ether oxygens (including phenoxy) is 1. The van der Waals surface area contributed by atoms with E-state index in [1.165, 1.54) is 43.5 Å². The van der Waals surface area contributed by atoms with Gasteiger partial charge in [0.25, 0.3) is 0 Å². The minimum Gasteiger partial charge on any atom is -0.497 e. The first-order valence-corrected chi connectivity index (χ1v) is 11.7. The smallest absolute Gasteiger partial charge is 0.231 e. The van der Waals surface area contributed by atoms with E-state index < -0.39 is 0 Å². The maximum absolute atomic E-state index is 5.26. The Kier molecular flexibility index (Phi) is 7.62. The maximum Gasteiger partial charge on any atom is 0.231 e. The van der Waals surface area contributed by atoms with Crippen molar-refractivity contribution in [3.8, 4) is 5.75 Å². The molecule has 2 heterocycles. The topological polar surface area (TPSA) is 74.3 Å². The molecule has 7 heteroatoms. The average Bonchev–Trinajstić information content (AvgIpc) is 2.82. The summed E-state index contributed by atoms with van der Waals surface area (Å²) in [5, 5.41) is 10.3. The summed E-state index contributed by atoms with van der Waals surface area (Å²) in [6.45, 7) is 8.43. The molecular formula is C26H34N6O. The third-order valence-corrected chi connectivity index (χ3v) is 5.91. The summed E-state index contributed by atoms with van der Waals surface area (Å²) in [5.74, 6) is 2.89. The molecule has 174 valence electrons. The van der Waals surface area contributed by atoms with E-state index in [0.717, 1.165) is 41.8 Å². The zero-order valence-electron chi connectivity index (χ0n) is 19.8. The molecule has 4 rings (SSSR count). The molecule has 0 atom stereocenters. The van der Waals surface area contributed by atoms with Crippen LogP contribution in [0.4, 0.5) is 29.0 Å². The summed E-state index contributed by atoms with van der Waals surface area (Å²) in [4.78, 5) is 12.0. The van der Waals surface area contributed by atoms with Crippen molar-refractivity contribution >= 4 is 29.0 Å². The Morgan fingerprint density at radius 2 is 1.64 bits per heavy atom. The van der Waals surface area contributed by atoms with Crippen molar-refractivity contribution in [2.75, 3.05) is 49.2 Å². The van der Waals surface area contributed by atoms with Crippen molar-refractivity contribution in [1.29, 1.82) is 0 Å². The van der Waals surface area contributed by atoms with Crippen molar-refractivity contribution in [1.82, 2.24) is 14.9 Å². The molecule has 0 amide bonds. The highest BCUT2D eigenvalue weighted by Gasteiger charge is 2.11. The molecule has 0 unspecified atom stereocenters. The maximum atomic E-state index is 5.26. The summed E-state index contributed by atoms with van der Waals surface area (Å²) in [7, 11) is 1.66. The third-order valence-electron chi connectivity index (χ3n) is 5.91. The van der Waals surface area contributed by atoms with Gasteiger partial charge in [0.2, 0.25) is 5.95 Å². The predicted molar refractivity (Wildman–Crippen MR) is 136 cm³/mol. The molecule has 0 spiro atoms. The molecule has 3 N–H and O–H groups in total. The number of nitrogens with one attached hydrogen (secondary N) is 3. The van der Waals surface area contributed by atoms with Gasteiger partial charge in [-0.15, -0.1) is 0 Å². The lowest BCUT2D eigenvalue weighted by Crippen LogP contribution is -2.33. The van der Waals surface area contributed by atoms with E-state index >= 15 is 0 Å². The van der Waals surface area contributed by atoms with E-state index in [9.17, 15) is 0 Å². The Morgan fingerprint density at radius 3 is 2.39 bits per heavy atom. The van der Waals surface area contributed by atoms with Crippen LogP contribution in [0.15, 0.2) is 48.5 Å². The number of anilines is 5. The van der Waals surface area contributed by atoms with Gasteiger partial charge in [-0.05, 0) is 81.2 Å². The second-order valence-corrected chi connectivity index (χ2v) is 8.59. The van der Waals surface area contributed by atoms with Crippen LogP contribution in [0.5, 0.6) is 5.75 Å². The second kappa shape index (κ2) is 11.0. The van der Waals surface area contributed by atoms with Crippen LogP contribution < -0.4 is 20.7 Å². The quantitative estimate of drug-likeness (QED) is 0.401. The van der Waals surface area contributed by atoms with Crippen LogP contribution in [0, 0.1) is 13.8 Å². The highest BCUT2D eigenvalue weighted by Crippen LogP contribution is 2.25. The lowest BCUT2D eigenvalue weighted by molar-refractivity contribution is 0.237. The van der Waals surface area contributed by atoms with Gasteiger partial charge in [0.1, 0.15) is 17.4 Å². The molecule has 33 heavy (non-hydrogen) atoms. The van der Waals surface area contributed by atoms with Gasteiger partial charge in [-0.3, -0.25) is 0 Å². The Hall–Kier alpha value is -3.32. The van der Waals surface area contributed by atoms with E-state index in [2.05, 4.69) is 52.9 Å².